The molecule has 1 N–H and O–H groups in total. The molecule has 1 aromatic heterocycles. The van der Waals surface area contributed by atoms with Gasteiger partial charge in [0.15, 0.2) is 0 Å². The lowest BCUT2D eigenvalue weighted by molar-refractivity contribution is 0.563. The molecule has 0 radical (unpaired) electrons. The number of benzene rings is 1. The van der Waals surface area contributed by atoms with Gasteiger partial charge in [-0.1, -0.05) is 33.0 Å². The Morgan fingerprint density at radius 2 is 1.79 bits per heavy atom. The van der Waals surface area contributed by atoms with Crippen molar-refractivity contribution in [1.29, 1.82) is 0 Å². The molecule has 19 heavy (non-hydrogen) atoms. The highest BCUT2D eigenvalue weighted by Gasteiger charge is 2.20. The smallest absolute Gasteiger partial charge is 0.144 e. The molecule has 100 valence electrons. The van der Waals surface area contributed by atoms with Crippen LogP contribution in [-0.2, 0) is 5.41 Å². The van der Waals surface area contributed by atoms with E-state index < -0.39 is 0 Å². The van der Waals surface area contributed by atoms with Crippen LogP contribution in [0.3, 0.4) is 0 Å². The Morgan fingerprint density at radius 3 is 2.32 bits per heavy atom. The summed E-state index contributed by atoms with van der Waals surface area (Å²) in [6, 6.07) is 6.19. The fourth-order valence-electron chi connectivity index (χ4n) is 1.72. The molecule has 2 aromatic rings. The fraction of sp³-hybridized carbons (Fsp3) is 0.286. The van der Waals surface area contributed by atoms with Gasteiger partial charge in [-0.05, 0) is 40.2 Å². The van der Waals surface area contributed by atoms with Crippen LogP contribution in [0.2, 0.25) is 0 Å². The van der Waals surface area contributed by atoms with Crippen LogP contribution in [0.15, 0.2) is 28.7 Å². The third-order valence-electron chi connectivity index (χ3n) is 2.73. The van der Waals surface area contributed by atoms with E-state index in [1.54, 1.807) is 12.1 Å². The minimum atomic E-state index is -0.268. The van der Waals surface area contributed by atoms with Crippen LogP contribution in [-0.4, -0.2) is 9.97 Å². The third kappa shape index (κ3) is 3.09. The van der Waals surface area contributed by atoms with E-state index in [1.807, 2.05) is 0 Å². The maximum atomic E-state index is 13.0. The summed E-state index contributed by atoms with van der Waals surface area (Å²) in [6.07, 6.45) is 0. The van der Waals surface area contributed by atoms with Crippen molar-refractivity contribution in [1.82, 2.24) is 9.97 Å². The molecule has 0 amide bonds. The molecule has 5 heteroatoms. The van der Waals surface area contributed by atoms with E-state index in [-0.39, 0.29) is 11.2 Å². The molecule has 1 heterocycles. The summed E-state index contributed by atoms with van der Waals surface area (Å²) < 4.78 is 14.3. The SMILES string of the molecule is CC(C)(C)c1[nH]c(-c2ccc(F)cc2)nc(=S)c1Br. The Kier molecular flexibility index (Phi) is 3.87. The summed E-state index contributed by atoms with van der Waals surface area (Å²) in [5.74, 6) is 0.383. The average Bonchev–Trinajstić information content (AvgIpc) is 2.32. The van der Waals surface area contributed by atoms with Gasteiger partial charge in [0.1, 0.15) is 16.3 Å². The molecule has 0 unspecified atom stereocenters. The van der Waals surface area contributed by atoms with Gasteiger partial charge in [-0.25, -0.2) is 9.37 Å². The summed E-state index contributed by atoms with van der Waals surface area (Å²) in [7, 11) is 0. The number of H-pyrrole nitrogens is 1. The van der Waals surface area contributed by atoms with Crippen molar-refractivity contribution in [3.63, 3.8) is 0 Å². The Bertz CT molecular complexity index is 657. The third-order valence-corrected chi connectivity index (χ3v) is 4.06. The molecule has 0 spiro atoms. The van der Waals surface area contributed by atoms with Gasteiger partial charge in [-0.3, -0.25) is 0 Å². The molecule has 0 saturated carbocycles. The highest BCUT2D eigenvalue weighted by atomic mass is 79.9. The van der Waals surface area contributed by atoms with Crippen LogP contribution >= 0.6 is 28.1 Å². The molecule has 0 bridgehead atoms. The van der Waals surface area contributed by atoms with Gasteiger partial charge >= 0.3 is 0 Å². The lowest BCUT2D eigenvalue weighted by atomic mass is 9.92. The maximum Gasteiger partial charge on any atom is 0.144 e. The fourth-order valence-corrected chi connectivity index (χ4v) is 2.70. The number of nitrogens with zero attached hydrogens (tertiary/aromatic N) is 1. The Balaban J connectivity index is 2.63. The van der Waals surface area contributed by atoms with Gasteiger partial charge in [0.05, 0.1) is 4.47 Å². The van der Waals surface area contributed by atoms with E-state index in [4.69, 9.17) is 12.2 Å². The van der Waals surface area contributed by atoms with E-state index in [1.165, 1.54) is 12.1 Å². The monoisotopic (exact) mass is 340 g/mol. The Labute approximate surface area is 125 Å². The summed E-state index contributed by atoms with van der Waals surface area (Å²) >= 11 is 8.75. The minimum absolute atomic E-state index is 0.0931. The zero-order valence-corrected chi connectivity index (χ0v) is 13.3. The second-order valence-electron chi connectivity index (χ2n) is 5.34. The van der Waals surface area contributed by atoms with Crippen molar-refractivity contribution in [3.8, 4) is 11.4 Å². The van der Waals surface area contributed by atoms with E-state index >= 15 is 0 Å². The zero-order valence-electron chi connectivity index (χ0n) is 10.9. The van der Waals surface area contributed by atoms with E-state index in [2.05, 4.69) is 46.7 Å². The average molecular weight is 341 g/mol. The first-order chi connectivity index (χ1) is 8.79. The Morgan fingerprint density at radius 1 is 1.21 bits per heavy atom. The number of nitrogens with one attached hydrogen (secondary N) is 1. The van der Waals surface area contributed by atoms with Crippen LogP contribution in [0.4, 0.5) is 4.39 Å². The van der Waals surface area contributed by atoms with Crippen LogP contribution in [0.25, 0.3) is 11.4 Å². The first kappa shape index (κ1) is 14.3. The maximum absolute atomic E-state index is 13.0. The molecular formula is C14H14BrFN2S. The Hall–Kier alpha value is -1.07. The molecule has 2 nitrogen and oxygen atoms in total. The number of halogens is 2. The molecule has 0 aliphatic rings. The lowest BCUT2D eigenvalue weighted by Crippen LogP contribution is -2.16. The van der Waals surface area contributed by atoms with E-state index in [0.717, 1.165) is 15.7 Å². The van der Waals surface area contributed by atoms with Gasteiger partial charge in [0.25, 0.3) is 0 Å². The summed E-state index contributed by atoms with van der Waals surface area (Å²) in [6.45, 7) is 6.27. The van der Waals surface area contributed by atoms with Gasteiger partial charge in [-0.15, -0.1) is 0 Å². The van der Waals surface area contributed by atoms with Crippen molar-refractivity contribution >= 4 is 28.1 Å². The summed E-state index contributed by atoms with van der Waals surface area (Å²) in [5, 5.41) is 0. The van der Waals surface area contributed by atoms with Crippen molar-refractivity contribution in [2.45, 2.75) is 26.2 Å². The molecule has 1 aromatic carbocycles. The van der Waals surface area contributed by atoms with Crippen molar-refractivity contribution in [2.24, 2.45) is 0 Å². The molecule has 0 aliphatic heterocycles. The van der Waals surface area contributed by atoms with Crippen molar-refractivity contribution in [2.75, 3.05) is 0 Å². The first-order valence-electron chi connectivity index (χ1n) is 5.85. The minimum Gasteiger partial charge on any atom is -0.342 e. The number of hydrogen-bond donors (Lipinski definition) is 1. The first-order valence-corrected chi connectivity index (χ1v) is 7.05. The highest BCUT2D eigenvalue weighted by molar-refractivity contribution is 9.10. The van der Waals surface area contributed by atoms with Crippen LogP contribution in [0.5, 0.6) is 0 Å². The standard InChI is InChI=1S/C14H14BrFN2S/c1-14(2,3)11-10(15)13(19)18-12(17-11)8-4-6-9(16)7-5-8/h4-7H,1-3H3,(H,17,18,19). The normalized spacial score (nSPS) is 11.6. The lowest BCUT2D eigenvalue weighted by Gasteiger charge is -2.21. The number of hydrogen-bond acceptors (Lipinski definition) is 2. The van der Waals surface area contributed by atoms with Crippen molar-refractivity contribution in [3.05, 3.63) is 44.9 Å². The number of aromatic amines is 1. The number of rotatable bonds is 1. The van der Waals surface area contributed by atoms with Gasteiger partial charge in [-0.2, -0.15) is 0 Å². The van der Waals surface area contributed by atoms with Gasteiger partial charge < -0.3 is 4.98 Å². The van der Waals surface area contributed by atoms with Gasteiger partial charge in [0.2, 0.25) is 0 Å². The quantitative estimate of drug-likeness (QED) is 0.739. The van der Waals surface area contributed by atoms with E-state index in [0.29, 0.717) is 10.5 Å². The predicted molar refractivity (Wildman–Crippen MR) is 81.2 cm³/mol. The second kappa shape index (κ2) is 5.13. The van der Waals surface area contributed by atoms with Crippen LogP contribution < -0.4 is 0 Å². The summed E-state index contributed by atoms with van der Waals surface area (Å²) in [4.78, 5) is 7.62. The summed E-state index contributed by atoms with van der Waals surface area (Å²) in [5.41, 5.74) is 1.70. The largest absolute Gasteiger partial charge is 0.342 e. The predicted octanol–water partition coefficient (Wildman–Crippen LogP) is 5.01. The topological polar surface area (TPSA) is 28.7 Å². The van der Waals surface area contributed by atoms with Gasteiger partial charge in [0, 0.05) is 16.7 Å². The molecule has 2 rings (SSSR count). The van der Waals surface area contributed by atoms with Crippen molar-refractivity contribution < 1.29 is 4.39 Å². The molecule has 0 saturated heterocycles. The highest BCUT2D eigenvalue weighted by Crippen LogP contribution is 2.30. The molecule has 0 aliphatic carbocycles. The zero-order chi connectivity index (χ0) is 14.2. The second-order valence-corrected chi connectivity index (χ2v) is 6.52. The van der Waals surface area contributed by atoms with E-state index in [9.17, 15) is 4.39 Å². The molecule has 0 atom stereocenters. The molecular weight excluding hydrogens is 327 g/mol. The number of aromatic nitrogens is 2. The van der Waals surface area contributed by atoms with Crippen LogP contribution in [0.1, 0.15) is 26.5 Å². The molecule has 0 fully saturated rings. The van der Waals surface area contributed by atoms with Crippen LogP contribution in [0, 0.1) is 10.5 Å².